The van der Waals surface area contributed by atoms with Gasteiger partial charge in [-0.3, -0.25) is 5.32 Å². The van der Waals surface area contributed by atoms with Crippen LogP contribution in [-0.2, 0) is 0 Å². The van der Waals surface area contributed by atoms with Gasteiger partial charge in [0.25, 0.3) is 0 Å². The van der Waals surface area contributed by atoms with E-state index in [4.69, 9.17) is 4.42 Å². The normalized spacial score (nSPS) is 22.4. The largest absolute Gasteiger partial charge is 0.441 e. The summed E-state index contributed by atoms with van der Waals surface area (Å²) in [5.41, 5.74) is 1.53. The molecule has 8 nitrogen and oxygen atoms in total. The number of fused-ring (bicyclic) bond motifs is 3. The summed E-state index contributed by atoms with van der Waals surface area (Å²) in [6.07, 6.45) is -0.372. The quantitative estimate of drug-likeness (QED) is 0.558. The fourth-order valence-corrected chi connectivity index (χ4v) is 5.02. The van der Waals surface area contributed by atoms with Gasteiger partial charge < -0.3 is 14.6 Å². The molecule has 3 aromatic rings. The minimum Gasteiger partial charge on any atom is -0.441 e. The maximum absolute atomic E-state index is 13.1. The first-order valence-corrected chi connectivity index (χ1v) is 11.3. The molecule has 2 saturated heterocycles. The van der Waals surface area contributed by atoms with Crippen molar-refractivity contribution in [1.82, 2.24) is 25.4 Å². The van der Waals surface area contributed by atoms with E-state index in [0.29, 0.717) is 35.8 Å². The molecular weight excluding hydrogens is 449 g/mol. The van der Waals surface area contributed by atoms with E-state index in [1.165, 1.54) is 0 Å². The van der Waals surface area contributed by atoms with E-state index < -0.39 is 12.6 Å². The number of benzene rings is 1. The third kappa shape index (κ3) is 4.84. The van der Waals surface area contributed by atoms with Crippen LogP contribution in [0.25, 0.3) is 22.2 Å². The van der Waals surface area contributed by atoms with Crippen LogP contribution in [0.5, 0.6) is 0 Å². The highest BCUT2D eigenvalue weighted by molar-refractivity contribution is 5.92. The van der Waals surface area contributed by atoms with Gasteiger partial charge in [0, 0.05) is 42.5 Å². The molecule has 2 bridgehead atoms. The second-order valence-electron chi connectivity index (χ2n) is 8.96. The Morgan fingerprint density at radius 3 is 2.62 bits per heavy atom. The molecule has 0 spiro atoms. The number of carbonyl (C=O) groups is 1. The fourth-order valence-electron chi connectivity index (χ4n) is 5.02. The highest BCUT2D eigenvalue weighted by Crippen LogP contribution is 2.36. The number of alkyl halides is 3. The standard InChI is InChI=1S/C23H25F3N6O2/c1-13-28-12-20(34-13)14-2-5-19-15(8-14)9-21(31-30-19)29-22(33)32-17-3-4-18(32)11-16(10-17)27-7-6-23(24,25)26/h2,5,8-9,12,16-18,27H,3-4,6-7,10-11H2,1H3,(H,29,31,33). The first-order valence-electron chi connectivity index (χ1n) is 11.3. The number of nitrogens with one attached hydrogen (secondary N) is 2. The summed E-state index contributed by atoms with van der Waals surface area (Å²) in [6.45, 7) is 1.68. The van der Waals surface area contributed by atoms with Gasteiger partial charge in [-0.2, -0.15) is 13.2 Å². The van der Waals surface area contributed by atoms with Crippen molar-refractivity contribution in [3.63, 3.8) is 0 Å². The molecule has 0 saturated carbocycles. The summed E-state index contributed by atoms with van der Waals surface area (Å²) >= 11 is 0. The van der Waals surface area contributed by atoms with E-state index >= 15 is 0 Å². The fraction of sp³-hybridized carbons (Fsp3) is 0.478. The van der Waals surface area contributed by atoms with Gasteiger partial charge in [0.05, 0.1) is 18.1 Å². The zero-order valence-corrected chi connectivity index (χ0v) is 18.6. The molecular formula is C23H25F3N6O2. The summed E-state index contributed by atoms with van der Waals surface area (Å²) in [4.78, 5) is 19.0. The number of piperidine rings is 1. The second-order valence-corrected chi connectivity index (χ2v) is 8.96. The molecule has 0 aliphatic carbocycles. The molecule has 2 fully saturated rings. The van der Waals surface area contributed by atoms with Gasteiger partial charge in [0.2, 0.25) is 0 Å². The number of oxazole rings is 1. The van der Waals surface area contributed by atoms with E-state index in [1.807, 2.05) is 23.1 Å². The summed E-state index contributed by atoms with van der Waals surface area (Å²) in [5.74, 6) is 1.56. The predicted octanol–water partition coefficient (Wildman–Crippen LogP) is 4.66. The van der Waals surface area contributed by atoms with Gasteiger partial charge in [-0.15, -0.1) is 10.2 Å². The molecule has 2 unspecified atom stereocenters. The zero-order valence-electron chi connectivity index (χ0n) is 18.6. The van der Waals surface area contributed by atoms with Crippen LogP contribution in [0.3, 0.4) is 0 Å². The van der Waals surface area contributed by atoms with Gasteiger partial charge in [-0.05, 0) is 49.9 Å². The lowest BCUT2D eigenvalue weighted by atomic mass is 9.97. The number of anilines is 1. The van der Waals surface area contributed by atoms with E-state index in [-0.39, 0.29) is 30.7 Å². The number of carbonyl (C=O) groups excluding carboxylic acids is 1. The summed E-state index contributed by atoms with van der Waals surface area (Å²) < 4.78 is 42.9. The van der Waals surface area contributed by atoms with Crippen molar-refractivity contribution >= 4 is 22.8 Å². The third-order valence-corrected chi connectivity index (χ3v) is 6.54. The average molecular weight is 474 g/mol. The Labute approximate surface area is 193 Å². The Morgan fingerprint density at radius 2 is 1.94 bits per heavy atom. The SMILES string of the molecule is Cc1ncc(-c2ccc3nnc(NC(=O)N4C5CCC4CC(NCCC(F)(F)F)C5)cc3c2)o1. The first kappa shape index (κ1) is 22.6. The van der Waals surface area contributed by atoms with Crippen LogP contribution >= 0.6 is 0 Å². The lowest BCUT2D eigenvalue weighted by Gasteiger charge is -2.39. The molecule has 2 aliphatic heterocycles. The highest BCUT2D eigenvalue weighted by Gasteiger charge is 2.43. The van der Waals surface area contributed by atoms with Crippen molar-refractivity contribution in [2.45, 2.75) is 63.3 Å². The zero-order chi connectivity index (χ0) is 23.9. The molecule has 2 aromatic heterocycles. The molecule has 11 heteroatoms. The molecule has 2 aliphatic rings. The molecule has 2 atom stereocenters. The van der Waals surface area contributed by atoms with Crippen LogP contribution in [0.1, 0.15) is 38.0 Å². The van der Waals surface area contributed by atoms with Crippen LogP contribution in [0.15, 0.2) is 34.9 Å². The van der Waals surface area contributed by atoms with Gasteiger partial charge in [-0.1, -0.05) is 0 Å². The molecule has 5 rings (SSSR count). The number of aromatic nitrogens is 3. The van der Waals surface area contributed by atoms with Crippen molar-refractivity contribution < 1.29 is 22.4 Å². The Hall–Kier alpha value is -3.21. The van der Waals surface area contributed by atoms with Crippen molar-refractivity contribution in [2.24, 2.45) is 0 Å². The summed E-state index contributed by atoms with van der Waals surface area (Å²) in [7, 11) is 0. The summed E-state index contributed by atoms with van der Waals surface area (Å²) in [5, 5.41) is 15.0. The van der Waals surface area contributed by atoms with E-state index in [9.17, 15) is 18.0 Å². The maximum atomic E-state index is 13.1. The Balaban J connectivity index is 1.25. The number of rotatable bonds is 5. The van der Waals surface area contributed by atoms with Crippen LogP contribution < -0.4 is 10.6 Å². The topological polar surface area (TPSA) is 96.2 Å². The number of aryl methyl sites for hydroxylation is 1. The number of hydrogen-bond acceptors (Lipinski definition) is 6. The lowest BCUT2D eigenvalue weighted by Crippen LogP contribution is -2.53. The molecule has 2 N–H and O–H groups in total. The minimum absolute atomic E-state index is 0.00292. The van der Waals surface area contributed by atoms with Crippen molar-refractivity contribution in [3.8, 4) is 11.3 Å². The van der Waals surface area contributed by atoms with E-state index in [2.05, 4.69) is 25.8 Å². The van der Waals surface area contributed by atoms with Gasteiger partial charge in [0.1, 0.15) is 0 Å². The van der Waals surface area contributed by atoms with Crippen molar-refractivity contribution in [3.05, 3.63) is 36.4 Å². The van der Waals surface area contributed by atoms with Gasteiger partial charge >= 0.3 is 12.2 Å². The number of amides is 2. The smallest absolute Gasteiger partial charge is 0.390 e. The van der Waals surface area contributed by atoms with Gasteiger partial charge in [-0.25, -0.2) is 9.78 Å². The Kier molecular flexibility index (Phi) is 5.88. The van der Waals surface area contributed by atoms with Crippen LogP contribution in [0.2, 0.25) is 0 Å². The molecule has 34 heavy (non-hydrogen) atoms. The molecule has 0 radical (unpaired) electrons. The maximum Gasteiger partial charge on any atom is 0.390 e. The first-order chi connectivity index (χ1) is 16.2. The predicted molar refractivity (Wildman–Crippen MR) is 119 cm³/mol. The number of hydrogen-bond donors (Lipinski definition) is 2. The highest BCUT2D eigenvalue weighted by atomic mass is 19.4. The molecule has 1 aromatic carbocycles. The Morgan fingerprint density at radius 1 is 1.18 bits per heavy atom. The van der Waals surface area contributed by atoms with Crippen molar-refractivity contribution in [2.75, 3.05) is 11.9 Å². The summed E-state index contributed by atoms with van der Waals surface area (Å²) in [6, 6.07) is 7.10. The monoisotopic (exact) mass is 474 g/mol. The van der Waals surface area contributed by atoms with E-state index in [1.54, 1.807) is 19.2 Å². The average Bonchev–Trinajstić information content (AvgIpc) is 3.33. The van der Waals surface area contributed by atoms with Gasteiger partial charge in [0.15, 0.2) is 17.5 Å². The lowest BCUT2D eigenvalue weighted by molar-refractivity contribution is -0.133. The second kappa shape index (κ2) is 8.86. The number of halogens is 3. The van der Waals surface area contributed by atoms with Crippen LogP contribution in [0, 0.1) is 6.92 Å². The number of nitrogens with zero attached hydrogens (tertiary/aromatic N) is 4. The van der Waals surface area contributed by atoms with E-state index in [0.717, 1.165) is 23.8 Å². The third-order valence-electron chi connectivity index (χ3n) is 6.54. The molecule has 180 valence electrons. The molecule has 2 amide bonds. The van der Waals surface area contributed by atoms with Crippen LogP contribution in [-0.4, -0.2) is 57.0 Å². The Bertz CT molecular complexity index is 1180. The van der Waals surface area contributed by atoms with Crippen LogP contribution in [0.4, 0.5) is 23.8 Å². The number of urea groups is 1. The van der Waals surface area contributed by atoms with Crippen molar-refractivity contribution in [1.29, 1.82) is 0 Å². The minimum atomic E-state index is -4.16. The molecule has 4 heterocycles.